The van der Waals surface area contributed by atoms with E-state index in [9.17, 15) is 14.4 Å². The maximum Gasteiger partial charge on any atom is 0.255 e. The second-order valence-electron chi connectivity index (χ2n) is 9.52. The summed E-state index contributed by atoms with van der Waals surface area (Å²) in [5.74, 6) is -0.726. The highest BCUT2D eigenvalue weighted by atomic mass is 35.5. The lowest BCUT2D eigenvalue weighted by Gasteiger charge is -2.31. The van der Waals surface area contributed by atoms with Gasteiger partial charge in [0.2, 0.25) is 11.8 Å². The fourth-order valence-corrected chi connectivity index (χ4v) is 5.70. The Balaban J connectivity index is 1.16. The van der Waals surface area contributed by atoms with E-state index < -0.39 is 6.04 Å². The minimum absolute atomic E-state index is 0.103. The van der Waals surface area contributed by atoms with E-state index in [4.69, 9.17) is 11.6 Å². The molecule has 178 valence electrons. The summed E-state index contributed by atoms with van der Waals surface area (Å²) in [5.41, 5.74) is 5.60. The standard InChI is InChI=1S/C27H30ClN3O3/c28-20-11-10-19-8-5-15-30(24(19)16-20)14-3-1-2-6-18-7-4-9-21-22(18)17-31(27(21)34)23-12-13-25(32)29-26(23)33/h4,7,9-11,16,23H,1-3,5-6,8,12-15,17H2,(H,29,32,33). The fourth-order valence-electron chi connectivity index (χ4n) is 5.53. The predicted octanol–water partition coefficient (Wildman–Crippen LogP) is 4.27. The van der Waals surface area contributed by atoms with Crippen LogP contribution in [0, 0.1) is 0 Å². The summed E-state index contributed by atoms with van der Waals surface area (Å²) in [6.45, 7) is 2.56. The van der Waals surface area contributed by atoms with Gasteiger partial charge < -0.3 is 9.80 Å². The molecule has 1 N–H and O–H groups in total. The highest BCUT2D eigenvalue weighted by Crippen LogP contribution is 2.32. The van der Waals surface area contributed by atoms with Crippen molar-refractivity contribution >= 4 is 35.0 Å². The molecule has 0 aromatic heterocycles. The fraction of sp³-hybridized carbons (Fsp3) is 0.444. The molecule has 3 amide bonds. The van der Waals surface area contributed by atoms with Gasteiger partial charge in [-0.2, -0.15) is 0 Å². The topological polar surface area (TPSA) is 69.7 Å². The van der Waals surface area contributed by atoms with Crippen LogP contribution < -0.4 is 10.2 Å². The molecule has 0 saturated carbocycles. The normalized spacial score (nSPS) is 19.8. The number of nitrogens with zero attached hydrogens (tertiary/aromatic N) is 2. The summed E-state index contributed by atoms with van der Waals surface area (Å²) in [7, 11) is 0. The molecule has 3 aliphatic heterocycles. The van der Waals surface area contributed by atoms with E-state index in [0.29, 0.717) is 18.5 Å². The number of anilines is 1. The van der Waals surface area contributed by atoms with Crippen LogP contribution in [0.4, 0.5) is 5.69 Å². The number of imide groups is 1. The number of hydrogen-bond donors (Lipinski definition) is 1. The molecule has 7 heteroatoms. The molecule has 0 radical (unpaired) electrons. The first-order valence-electron chi connectivity index (χ1n) is 12.3. The molecule has 6 nitrogen and oxygen atoms in total. The molecule has 3 aliphatic rings. The first-order valence-corrected chi connectivity index (χ1v) is 12.7. The first-order chi connectivity index (χ1) is 16.5. The van der Waals surface area contributed by atoms with E-state index in [1.165, 1.54) is 23.2 Å². The number of fused-ring (bicyclic) bond motifs is 2. The second kappa shape index (κ2) is 9.79. The molecule has 2 aromatic carbocycles. The summed E-state index contributed by atoms with van der Waals surface area (Å²) >= 11 is 6.23. The Bertz CT molecular complexity index is 1130. The molecule has 1 atom stereocenters. The van der Waals surface area contributed by atoms with Crippen molar-refractivity contribution in [1.29, 1.82) is 0 Å². The number of aryl methyl sites for hydroxylation is 2. The van der Waals surface area contributed by atoms with Gasteiger partial charge in [-0.05, 0) is 73.4 Å². The highest BCUT2D eigenvalue weighted by Gasteiger charge is 2.39. The molecule has 3 heterocycles. The second-order valence-corrected chi connectivity index (χ2v) is 9.95. The number of amides is 3. The molecule has 1 saturated heterocycles. The zero-order chi connectivity index (χ0) is 23.7. The van der Waals surface area contributed by atoms with Crippen molar-refractivity contribution in [2.75, 3.05) is 18.0 Å². The number of hydrogen-bond acceptors (Lipinski definition) is 4. The summed E-state index contributed by atoms with van der Waals surface area (Å²) in [6.07, 6.45) is 7.17. The number of piperidine rings is 1. The Morgan fingerprint density at radius 2 is 1.91 bits per heavy atom. The van der Waals surface area contributed by atoms with Gasteiger partial charge in [-0.3, -0.25) is 19.7 Å². The molecule has 0 bridgehead atoms. The smallest absolute Gasteiger partial charge is 0.255 e. The maximum absolute atomic E-state index is 13.0. The van der Waals surface area contributed by atoms with Gasteiger partial charge in [0.25, 0.3) is 5.91 Å². The largest absolute Gasteiger partial charge is 0.371 e. The molecule has 5 rings (SSSR count). The van der Waals surface area contributed by atoms with E-state index >= 15 is 0 Å². The monoisotopic (exact) mass is 479 g/mol. The molecule has 0 spiro atoms. The molecule has 2 aromatic rings. The van der Waals surface area contributed by atoms with E-state index in [2.05, 4.69) is 28.4 Å². The van der Waals surface area contributed by atoms with Crippen LogP contribution in [-0.4, -0.2) is 41.8 Å². The third kappa shape index (κ3) is 4.56. The van der Waals surface area contributed by atoms with Gasteiger partial charge in [0.15, 0.2) is 0 Å². The summed E-state index contributed by atoms with van der Waals surface area (Å²) in [4.78, 5) is 40.9. The Kier molecular flexibility index (Phi) is 6.59. The van der Waals surface area contributed by atoms with Crippen LogP contribution in [0.25, 0.3) is 0 Å². The van der Waals surface area contributed by atoms with Crippen LogP contribution in [0.2, 0.25) is 5.02 Å². The SMILES string of the molecule is O=C1CCC(N2Cc3c(CCCCCN4CCCc5ccc(Cl)cc54)cccc3C2=O)C(=O)N1. The zero-order valence-electron chi connectivity index (χ0n) is 19.3. The lowest BCUT2D eigenvalue weighted by atomic mass is 9.98. The lowest BCUT2D eigenvalue weighted by molar-refractivity contribution is -0.136. The van der Waals surface area contributed by atoms with Gasteiger partial charge in [-0.15, -0.1) is 0 Å². The Labute approximate surface area is 205 Å². The van der Waals surface area contributed by atoms with Crippen molar-refractivity contribution in [2.24, 2.45) is 0 Å². The summed E-state index contributed by atoms with van der Waals surface area (Å²) in [6, 6.07) is 11.6. The summed E-state index contributed by atoms with van der Waals surface area (Å²) in [5, 5.41) is 3.17. The van der Waals surface area contributed by atoms with Crippen molar-refractivity contribution < 1.29 is 14.4 Å². The van der Waals surface area contributed by atoms with Crippen molar-refractivity contribution in [2.45, 2.75) is 64.0 Å². The van der Waals surface area contributed by atoms with E-state index in [-0.39, 0.29) is 24.1 Å². The molecule has 34 heavy (non-hydrogen) atoms. The van der Waals surface area contributed by atoms with Gasteiger partial charge >= 0.3 is 0 Å². The highest BCUT2D eigenvalue weighted by molar-refractivity contribution is 6.30. The molecule has 1 fully saturated rings. The minimum atomic E-state index is -0.564. The van der Waals surface area contributed by atoms with Crippen LogP contribution >= 0.6 is 11.6 Å². The Morgan fingerprint density at radius 3 is 2.76 bits per heavy atom. The number of carbonyl (C=O) groups is 3. The average molecular weight is 480 g/mol. The molecular weight excluding hydrogens is 450 g/mol. The lowest BCUT2D eigenvalue weighted by Crippen LogP contribution is -2.52. The van der Waals surface area contributed by atoms with Gasteiger partial charge in [0.1, 0.15) is 6.04 Å². The third-order valence-corrected chi connectivity index (χ3v) is 7.55. The van der Waals surface area contributed by atoms with Crippen molar-refractivity contribution in [1.82, 2.24) is 10.2 Å². The zero-order valence-corrected chi connectivity index (χ0v) is 20.1. The summed E-state index contributed by atoms with van der Waals surface area (Å²) < 4.78 is 0. The number of benzene rings is 2. The van der Waals surface area contributed by atoms with Crippen molar-refractivity contribution in [3.63, 3.8) is 0 Å². The van der Waals surface area contributed by atoms with E-state index in [1.54, 1.807) is 4.90 Å². The number of halogens is 1. The average Bonchev–Trinajstić information content (AvgIpc) is 3.16. The maximum atomic E-state index is 13.0. The third-order valence-electron chi connectivity index (χ3n) is 7.32. The molecule has 0 aliphatic carbocycles. The Hall–Kier alpha value is -2.86. The van der Waals surface area contributed by atoms with Crippen LogP contribution in [0.3, 0.4) is 0 Å². The first kappa shape index (κ1) is 22.9. The van der Waals surface area contributed by atoms with Crippen molar-refractivity contribution in [3.05, 3.63) is 63.7 Å². The van der Waals surface area contributed by atoms with Crippen LogP contribution in [0.1, 0.15) is 65.6 Å². The van der Waals surface area contributed by atoms with Crippen molar-refractivity contribution in [3.8, 4) is 0 Å². The van der Waals surface area contributed by atoms with Gasteiger partial charge in [-0.1, -0.05) is 36.2 Å². The van der Waals surface area contributed by atoms with Crippen LogP contribution in [0.15, 0.2) is 36.4 Å². The molecule has 1 unspecified atom stereocenters. The molecular formula is C27H30ClN3O3. The predicted molar refractivity (Wildman–Crippen MR) is 132 cm³/mol. The van der Waals surface area contributed by atoms with E-state index in [1.807, 2.05) is 18.2 Å². The number of carbonyl (C=O) groups excluding carboxylic acids is 3. The van der Waals surface area contributed by atoms with Gasteiger partial charge in [0.05, 0.1) is 0 Å². The van der Waals surface area contributed by atoms with Gasteiger partial charge in [0, 0.05) is 42.3 Å². The number of nitrogens with one attached hydrogen (secondary N) is 1. The Morgan fingerprint density at radius 1 is 1.03 bits per heavy atom. The van der Waals surface area contributed by atoms with Gasteiger partial charge in [-0.25, -0.2) is 0 Å². The van der Waals surface area contributed by atoms with Crippen LogP contribution in [-0.2, 0) is 29.0 Å². The van der Waals surface area contributed by atoms with Crippen LogP contribution in [0.5, 0.6) is 0 Å². The number of unbranched alkanes of at least 4 members (excludes halogenated alkanes) is 2. The number of rotatable bonds is 7. The quantitative estimate of drug-likeness (QED) is 0.475. The van der Waals surface area contributed by atoms with E-state index in [0.717, 1.165) is 55.8 Å². The minimum Gasteiger partial charge on any atom is -0.371 e.